The molecule has 0 spiro atoms. The highest BCUT2D eigenvalue weighted by atomic mass is 28.3. The van der Waals surface area contributed by atoms with Gasteiger partial charge < -0.3 is 19.9 Å². The van der Waals surface area contributed by atoms with Gasteiger partial charge >= 0.3 is 16.0 Å². The lowest BCUT2D eigenvalue weighted by Gasteiger charge is -2.16. The summed E-state index contributed by atoms with van der Waals surface area (Å²) in [5.74, 6) is 0. The number of carbonyl (C=O) groups is 1. The monoisotopic (exact) mass is 220 g/mol. The Morgan fingerprint density at radius 3 is 2.71 bits per heavy atom. The zero-order chi connectivity index (χ0) is 10.8. The standard InChI is InChI=1S/C8H20N2O3Si/c1-3-5-7(10-8(9)11)6-13-14-12-4-2/h7H,3-6,14H2,1-2H3,(H3,9,10,11). The summed E-state index contributed by atoms with van der Waals surface area (Å²) >= 11 is 0. The SMILES string of the molecule is CCCC(CO[SiH2]OCC)NC(N)=O. The highest BCUT2D eigenvalue weighted by Crippen LogP contribution is 1.96. The summed E-state index contributed by atoms with van der Waals surface area (Å²) in [6.07, 6.45) is 1.87. The number of rotatable bonds is 8. The van der Waals surface area contributed by atoms with Crippen LogP contribution in [0.15, 0.2) is 0 Å². The second kappa shape index (κ2) is 8.98. The van der Waals surface area contributed by atoms with Gasteiger partial charge in [0.2, 0.25) is 0 Å². The number of hydrogen-bond donors (Lipinski definition) is 2. The van der Waals surface area contributed by atoms with Crippen LogP contribution in [0.25, 0.3) is 0 Å². The molecular formula is C8H20N2O3Si. The van der Waals surface area contributed by atoms with E-state index < -0.39 is 16.0 Å². The Morgan fingerprint density at radius 2 is 2.21 bits per heavy atom. The van der Waals surface area contributed by atoms with Crippen LogP contribution in [0.4, 0.5) is 4.79 Å². The predicted molar refractivity (Wildman–Crippen MR) is 57.5 cm³/mol. The lowest BCUT2D eigenvalue weighted by molar-refractivity contribution is 0.198. The van der Waals surface area contributed by atoms with Crippen LogP contribution in [0.2, 0.25) is 0 Å². The molecule has 84 valence electrons. The molecule has 14 heavy (non-hydrogen) atoms. The summed E-state index contributed by atoms with van der Waals surface area (Å²) in [5, 5.41) is 2.64. The van der Waals surface area contributed by atoms with E-state index in [9.17, 15) is 4.79 Å². The summed E-state index contributed by atoms with van der Waals surface area (Å²) in [7, 11) is -0.874. The van der Waals surface area contributed by atoms with Gasteiger partial charge in [-0.15, -0.1) is 0 Å². The van der Waals surface area contributed by atoms with Crippen LogP contribution in [0.1, 0.15) is 26.7 Å². The van der Waals surface area contributed by atoms with Crippen molar-refractivity contribution in [1.29, 1.82) is 0 Å². The van der Waals surface area contributed by atoms with Crippen molar-refractivity contribution in [1.82, 2.24) is 5.32 Å². The van der Waals surface area contributed by atoms with Crippen molar-refractivity contribution in [3.63, 3.8) is 0 Å². The molecule has 2 amide bonds. The highest BCUT2D eigenvalue weighted by Gasteiger charge is 2.08. The summed E-state index contributed by atoms with van der Waals surface area (Å²) in [4.78, 5) is 10.6. The first-order valence-corrected chi connectivity index (χ1v) is 6.07. The van der Waals surface area contributed by atoms with E-state index >= 15 is 0 Å². The van der Waals surface area contributed by atoms with Crippen molar-refractivity contribution in [3.05, 3.63) is 0 Å². The van der Waals surface area contributed by atoms with E-state index in [1.54, 1.807) is 0 Å². The third-order valence-corrected chi connectivity index (χ3v) is 2.65. The van der Waals surface area contributed by atoms with Gasteiger partial charge in [-0.1, -0.05) is 13.3 Å². The van der Waals surface area contributed by atoms with Crippen molar-refractivity contribution in [3.8, 4) is 0 Å². The predicted octanol–water partition coefficient (Wildman–Crippen LogP) is -0.125. The molecule has 0 bridgehead atoms. The quantitative estimate of drug-likeness (QED) is 0.442. The number of urea groups is 1. The number of primary amides is 1. The maximum Gasteiger partial charge on any atom is 0.312 e. The average molecular weight is 220 g/mol. The molecule has 0 saturated heterocycles. The lowest BCUT2D eigenvalue weighted by Crippen LogP contribution is -2.41. The molecule has 3 N–H and O–H groups in total. The maximum absolute atomic E-state index is 10.6. The van der Waals surface area contributed by atoms with Gasteiger partial charge in [0, 0.05) is 6.61 Å². The molecule has 0 aromatic carbocycles. The van der Waals surface area contributed by atoms with E-state index in [4.69, 9.17) is 14.6 Å². The molecule has 0 aromatic heterocycles. The normalized spacial score (nSPS) is 13.3. The van der Waals surface area contributed by atoms with Gasteiger partial charge in [0.05, 0.1) is 12.6 Å². The minimum atomic E-state index is -0.874. The Kier molecular flexibility index (Phi) is 8.60. The number of carbonyl (C=O) groups excluding carboxylic acids is 1. The minimum Gasteiger partial charge on any atom is -0.399 e. The third-order valence-electron chi connectivity index (χ3n) is 1.67. The van der Waals surface area contributed by atoms with Crippen LogP contribution in [0, 0.1) is 0 Å². The molecule has 0 fully saturated rings. The fourth-order valence-electron chi connectivity index (χ4n) is 1.08. The minimum absolute atomic E-state index is 0.0189. The molecule has 0 radical (unpaired) electrons. The molecule has 6 heteroatoms. The van der Waals surface area contributed by atoms with Crippen LogP contribution in [0.5, 0.6) is 0 Å². The Morgan fingerprint density at radius 1 is 1.50 bits per heavy atom. The Balaban J connectivity index is 3.56. The zero-order valence-electron chi connectivity index (χ0n) is 8.91. The molecule has 0 aliphatic rings. The average Bonchev–Trinajstić information content (AvgIpc) is 2.12. The largest absolute Gasteiger partial charge is 0.399 e. The van der Waals surface area contributed by atoms with E-state index in [0.717, 1.165) is 12.8 Å². The molecule has 1 atom stereocenters. The van der Waals surface area contributed by atoms with Gasteiger partial charge in [0.1, 0.15) is 0 Å². The first-order chi connectivity index (χ1) is 6.70. The second-order valence-electron chi connectivity index (χ2n) is 2.98. The van der Waals surface area contributed by atoms with Crippen LogP contribution in [0.3, 0.4) is 0 Å². The fourth-order valence-corrected chi connectivity index (χ4v) is 1.74. The maximum atomic E-state index is 10.6. The molecule has 0 saturated carbocycles. The number of amides is 2. The van der Waals surface area contributed by atoms with E-state index in [1.165, 1.54) is 0 Å². The van der Waals surface area contributed by atoms with Gasteiger partial charge in [-0.2, -0.15) is 0 Å². The van der Waals surface area contributed by atoms with Gasteiger partial charge in [0.25, 0.3) is 0 Å². The first-order valence-electron chi connectivity index (χ1n) is 4.92. The lowest BCUT2D eigenvalue weighted by atomic mass is 10.2. The Labute approximate surface area is 87.4 Å². The molecule has 0 aliphatic heterocycles. The number of nitrogens with two attached hydrogens (primary N) is 1. The fraction of sp³-hybridized carbons (Fsp3) is 0.875. The zero-order valence-corrected chi connectivity index (χ0v) is 10.3. The Hall–Kier alpha value is -0.593. The van der Waals surface area contributed by atoms with Gasteiger partial charge in [-0.25, -0.2) is 4.79 Å². The topological polar surface area (TPSA) is 73.6 Å². The van der Waals surface area contributed by atoms with Crippen LogP contribution < -0.4 is 11.1 Å². The van der Waals surface area contributed by atoms with Crippen molar-refractivity contribution in [2.45, 2.75) is 32.7 Å². The smallest absolute Gasteiger partial charge is 0.312 e. The molecule has 0 rings (SSSR count). The highest BCUT2D eigenvalue weighted by molar-refractivity contribution is 6.17. The van der Waals surface area contributed by atoms with Crippen LogP contribution in [-0.2, 0) is 8.85 Å². The number of nitrogens with one attached hydrogen (secondary N) is 1. The number of hydrogen-bond acceptors (Lipinski definition) is 3. The van der Waals surface area contributed by atoms with Crippen LogP contribution in [-0.4, -0.2) is 35.3 Å². The second-order valence-corrected chi connectivity index (χ2v) is 4.03. The summed E-state index contributed by atoms with van der Waals surface area (Å²) in [5.41, 5.74) is 5.03. The molecule has 0 heterocycles. The van der Waals surface area contributed by atoms with E-state index in [1.807, 2.05) is 6.92 Å². The van der Waals surface area contributed by atoms with Crippen molar-refractivity contribution < 1.29 is 13.6 Å². The molecular weight excluding hydrogens is 200 g/mol. The van der Waals surface area contributed by atoms with Gasteiger partial charge in [-0.3, -0.25) is 0 Å². The van der Waals surface area contributed by atoms with Crippen molar-refractivity contribution in [2.75, 3.05) is 13.2 Å². The molecule has 1 unspecified atom stereocenters. The summed E-state index contributed by atoms with van der Waals surface area (Å²) in [6, 6.07) is -0.476. The van der Waals surface area contributed by atoms with E-state index in [-0.39, 0.29) is 6.04 Å². The van der Waals surface area contributed by atoms with Gasteiger partial charge in [-0.05, 0) is 13.3 Å². The Bertz CT molecular complexity index is 158. The van der Waals surface area contributed by atoms with E-state index in [2.05, 4.69) is 12.2 Å². The third kappa shape index (κ3) is 8.03. The van der Waals surface area contributed by atoms with Crippen molar-refractivity contribution in [2.24, 2.45) is 5.73 Å². The molecule has 0 aliphatic carbocycles. The van der Waals surface area contributed by atoms with E-state index in [0.29, 0.717) is 13.2 Å². The van der Waals surface area contributed by atoms with Gasteiger partial charge in [0.15, 0.2) is 0 Å². The van der Waals surface area contributed by atoms with Crippen LogP contribution >= 0.6 is 0 Å². The summed E-state index contributed by atoms with van der Waals surface area (Å²) in [6.45, 7) is 5.17. The molecule has 5 nitrogen and oxygen atoms in total. The first kappa shape index (κ1) is 13.4. The summed E-state index contributed by atoms with van der Waals surface area (Å²) < 4.78 is 10.5. The van der Waals surface area contributed by atoms with Crippen molar-refractivity contribution >= 4 is 16.0 Å². The molecule has 0 aromatic rings.